The van der Waals surface area contributed by atoms with Crippen LogP contribution in [0.5, 0.6) is 0 Å². The fourth-order valence-electron chi connectivity index (χ4n) is 2.21. The number of hydrazone groups is 1. The van der Waals surface area contributed by atoms with Crippen LogP contribution >= 0.6 is 11.8 Å². The number of hydrogen-bond acceptors (Lipinski definition) is 5. The highest BCUT2D eigenvalue weighted by molar-refractivity contribution is 7.98. The lowest BCUT2D eigenvalue weighted by molar-refractivity contribution is -0.121. The van der Waals surface area contributed by atoms with Crippen LogP contribution in [0.2, 0.25) is 0 Å². The third-order valence-corrected chi connectivity index (χ3v) is 5.90. The van der Waals surface area contributed by atoms with Crippen LogP contribution in [-0.2, 0) is 14.6 Å². The number of carbonyl (C=O) groups is 1. The number of thioether (sulfide) groups is 1. The zero-order valence-electron chi connectivity index (χ0n) is 11.8. The molecule has 21 heavy (non-hydrogen) atoms. The van der Waals surface area contributed by atoms with Gasteiger partial charge in [-0.2, -0.15) is 5.10 Å². The van der Waals surface area contributed by atoms with Gasteiger partial charge in [0.05, 0.1) is 17.7 Å². The summed E-state index contributed by atoms with van der Waals surface area (Å²) >= 11 is 1.66. The monoisotopic (exact) mass is 326 g/mol. The van der Waals surface area contributed by atoms with Gasteiger partial charge >= 0.3 is 0 Å². The van der Waals surface area contributed by atoms with Crippen LogP contribution in [0, 0.1) is 5.92 Å². The molecule has 0 aromatic heterocycles. The van der Waals surface area contributed by atoms with Crippen molar-refractivity contribution in [3.8, 4) is 0 Å². The molecule has 114 valence electrons. The molecule has 1 aliphatic rings. The zero-order chi connectivity index (χ0) is 15.3. The summed E-state index contributed by atoms with van der Waals surface area (Å²) in [4.78, 5) is 12.8. The van der Waals surface area contributed by atoms with E-state index in [4.69, 9.17) is 0 Å². The fraction of sp³-hybridized carbons (Fsp3) is 0.429. The predicted octanol–water partition coefficient (Wildman–Crippen LogP) is 1.68. The number of amides is 1. The molecule has 0 radical (unpaired) electrons. The molecule has 2 rings (SSSR count). The van der Waals surface area contributed by atoms with Crippen molar-refractivity contribution < 1.29 is 13.2 Å². The van der Waals surface area contributed by atoms with Crippen LogP contribution in [0.3, 0.4) is 0 Å². The molecule has 0 bridgehead atoms. The van der Waals surface area contributed by atoms with E-state index < -0.39 is 9.84 Å². The summed E-state index contributed by atoms with van der Waals surface area (Å²) < 4.78 is 22.6. The van der Waals surface area contributed by atoms with E-state index in [-0.39, 0.29) is 29.8 Å². The molecule has 1 aromatic rings. The third-order valence-electron chi connectivity index (χ3n) is 3.32. The number of sulfone groups is 1. The van der Waals surface area contributed by atoms with E-state index in [0.717, 1.165) is 5.56 Å². The van der Waals surface area contributed by atoms with Crippen molar-refractivity contribution in [2.45, 2.75) is 17.7 Å². The number of nitrogens with one attached hydrogen (secondary N) is 1. The van der Waals surface area contributed by atoms with Crippen LogP contribution in [0.4, 0.5) is 0 Å². The molecule has 1 atom stereocenters. The molecule has 1 saturated heterocycles. The van der Waals surface area contributed by atoms with Crippen molar-refractivity contribution in [1.82, 2.24) is 5.43 Å². The molecule has 0 spiro atoms. The van der Waals surface area contributed by atoms with Gasteiger partial charge in [-0.25, -0.2) is 13.8 Å². The molecule has 0 aliphatic carbocycles. The van der Waals surface area contributed by atoms with Gasteiger partial charge in [-0.05, 0) is 36.3 Å². The standard InChI is InChI=1S/C14H18N2O3S2/c1-20-13-4-2-11(3-5-13)9-15-16-14(17)8-12-6-7-21(18,19)10-12/h2-5,9,12H,6-8,10H2,1H3,(H,16,17)/b15-9-/t12-/m0/s1. The topological polar surface area (TPSA) is 75.6 Å². The second kappa shape index (κ2) is 7.09. The van der Waals surface area contributed by atoms with Crippen molar-refractivity contribution in [1.29, 1.82) is 0 Å². The second-order valence-electron chi connectivity index (χ2n) is 5.04. The Balaban J connectivity index is 1.79. The smallest absolute Gasteiger partial charge is 0.240 e. The Morgan fingerprint density at radius 1 is 1.43 bits per heavy atom. The van der Waals surface area contributed by atoms with E-state index in [1.54, 1.807) is 18.0 Å². The molecule has 1 aromatic carbocycles. The Labute approximate surface area is 129 Å². The summed E-state index contributed by atoms with van der Waals surface area (Å²) in [7, 11) is -2.93. The Morgan fingerprint density at radius 2 is 2.14 bits per heavy atom. The van der Waals surface area contributed by atoms with E-state index >= 15 is 0 Å². The average Bonchev–Trinajstić information content (AvgIpc) is 2.78. The molecule has 7 heteroatoms. The Morgan fingerprint density at radius 3 is 2.71 bits per heavy atom. The summed E-state index contributed by atoms with van der Waals surface area (Å²) in [6, 6.07) is 7.81. The molecular weight excluding hydrogens is 308 g/mol. The van der Waals surface area contributed by atoms with Crippen molar-refractivity contribution >= 4 is 33.7 Å². The first-order valence-electron chi connectivity index (χ1n) is 6.65. The Hall–Kier alpha value is -1.34. The molecule has 0 unspecified atom stereocenters. The first kappa shape index (κ1) is 16.0. The minimum absolute atomic E-state index is 0.0777. The maximum atomic E-state index is 11.7. The van der Waals surface area contributed by atoms with Gasteiger partial charge in [-0.1, -0.05) is 12.1 Å². The van der Waals surface area contributed by atoms with Crippen LogP contribution in [0.25, 0.3) is 0 Å². The lowest BCUT2D eigenvalue weighted by atomic mass is 10.1. The highest BCUT2D eigenvalue weighted by Gasteiger charge is 2.29. The van der Waals surface area contributed by atoms with Crippen molar-refractivity contribution in [3.63, 3.8) is 0 Å². The van der Waals surface area contributed by atoms with Crippen LogP contribution in [0.1, 0.15) is 18.4 Å². The Bertz CT molecular complexity index is 624. The first-order valence-corrected chi connectivity index (χ1v) is 9.69. The molecule has 1 heterocycles. The van der Waals surface area contributed by atoms with Crippen molar-refractivity contribution in [3.05, 3.63) is 29.8 Å². The van der Waals surface area contributed by atoms with E-state index in [2.05, 4.69) is 10.5 Å². The molecule has 1 fully saturated rings. The van der Waals surface area contributed by atoms with Gasteiger partial charge < -0.3 is 0 Å². The largest absolute Gasteiger partial charge is 0.273 e. The quantitative estimate of drug-likeness (QED) is 0.507. The van der Waals surface area contributed by atoms with Gasteiger partial charge in [-0.3, -0.25) is 4.79 Å². The summed E-state index contributed by atoms with van der Waals surface area (Å²) in [5.41, 5.74) is 3.34. The molecule has 5 nitrogen and oxygen atoms in total. The minimum Gasteiger partial charge on any atom is -0.273 e. The Kier molecular flexibility index (Phi) is 5.41. The highest BCUT2D eigenvalue weighted by atomic mass is 32.2. The van der Waals surface area contributed by atoms with Gasteiger partial charge in [0.25, 0.3) is 0 Å². The summed E-state index contributed by atoms with van der Waals surface area (Å²) in [5, 5.41) is 3.89. The molecular formula is C14H18N2O3S2. The van der Waals surface area contributed by atoms with Gasteiger partial charge in [0.15, 0.2) is 9.84 Å². The summed E-state index contributed by atoms with van der Waals surface area (Å²) in [6.45, 7) is 0. The van der Waals surface area contributed by atoms with Gasteiger partial charge in [0, 0.05) is 11.3 Å². The number of benzene rings is 1. The lowest BCUT2D eigenvalue weighted by Gasteiger charge is -2.05. The molecule has 1 N–H and O–H groups in total. The lowest BCUT2D eigenvalue weighted by Crippen LogP contribution is -2.21. The zero-order valence-corrected chi connectivity index (χ0v) is 13.4. The van der Waals surface area contributed by atoms with E-state index in [0.29, 0.717) is 6.42 Å². The van der Waals surface area contributed by atoms with Gasteiger partial charge in [0.2, 0.25) is 5.91 Å². The van der Waals surface area contributed by atoms with E-state index in [9.17, 15) is 13.2 Å². The van der Waals surface area contributed by atoms with Crippen LogP contribution in [-0.4, -0.2) is 38.3 Å². The van der Waals surface area contributed by atoms with Crippen LogP contribution in [0.15, 0.2) is 34.3 Å². The number of nitrogens with zero attached hydrogens (tertiary/aromatic N) is 1. The maximum Gasteiger partial charge on any atom is 0.240 e. The SMILES string of the molecule is CSc1ccc(/C=N\NC(=O)C[C@@H]2CCS(=O)(=O)C2)cc1. The molecule has 1 amide bonds. The number of hydrogen-bond donors (Lipinski definition) is 1. The summed E-state index contributed by atoms with van der Waals surface area (Å²) in [5.74, 6) is -0.0174. The minimum atomic E-state index is -2.93. The fourth-order valence-corrected chi connectivity index (χ4v) is 4.48. The van der Waals surface area contributed by atoms with Gasteiger partial charge in [0.1, 0.15) is 0 Å². The second-order valence-corrected chi connectivity index (χ2v) is 8.15. The normalized spacial score (nSPS) is 20.7. The number of rotatable bonds is 5. The average molecular weight is 326 g/mol. The molecule has 0 saturated carbocycles. The van der Waals surface area contributed by atoms with Crippen molar-refractivity contribution in [2.75, 3.05) is 17.8 Å². The van der Waals surface area contributed by atoms with E-state index in [1.807, 2.05) is 30.5 Å². The van der Waals surface area contributed by atoms with Gasteiger partial charge in [-0.15, -0.1) is 11.8 Å². The van der Waals surface area contributed by atoms with Crippen LogP contribution < -0.4 is 5.43 Å². The highest BCUT2D eigenvalue weighted by Crippen LogP contribution is 2.21. The first-order chi connectivity index (χ1) is 9.98. The number of carbonyl (C=O) groups excluding carboxylic acids is 1. The van der Waals surface area contributed by atoms with Crippen molar-refractivity contribution in [2.24, 2.45) is 11.0 Å². The van der Waals surface area contributed by atoms with E-state index in [1.165, 1.54) is 4.90 Å². The third kappa shape index (κ3) is 5.17. The molecule has 1 aliphatic heterocycles. The predicted molar refractivity (Wildman–Crippen MR) is 85.3 cm³/mol. The maximum absolute atomic E-state index is 11.7. The summed E-state index contributed by atoms with van der Waals surface area (Å²) in [6.07, 6.45) is 4.36.